The lowest BCUT2D eigenvalue weighted by atomic mass is 9.91. The Balaban J connectivity index is 2.33. The zero-order valence-corrected chi connectivity index (χ0v) is 9.89. The summed E-state index contributed by atoms with van der Waals surface area (Å²) < 4.78 is 0. The molecule has 1 aromatic rings. The van der Waals surface area contributed by atoms with Gasteiger partial charge < -0.3 is 11.5 Å². The zero-order valence-electron chi connectivity index (χ0n) is 9.89. The summed E-state index contributed by atoms with van der Waals surface area (Å²) in [7, 11) is 0. The highest BCUT2D eigenvalue weighted by Gasteiger charge is 2.18. The molecule has 0 saturated heterocycles. The van der Waals surface area contributed by atoms with Crippen LogP contribution in [0.25, 0.3) is 5.57 Å². The molecule has 1 aliphatic carbocycles. The standard InChI is InChI=1S/C15H18N2/c1-2-5-12-6-3-4-7-14(12)13-8-10-15(16,17)11-9-13/h2-4,6-10H,1,5,11,16-17H2. The van der Waals surface area contributed by atoms with Crippen LogP contribution < -0.4 is 11.5 Å². The van der Waals surface area contributed by atoms with Gasteiger partial charge in [0.2, 0.25) is 0 Å². The average molecular weight is 226 g/mol. The van der Waals surface area contributed by atoms with Gasteiger partial charge in [-0.2, -0.15) is 0 Å². The van der Waals surface area contributed by atoms with Crippen LogP contribution in [0.5, 0.6) is 0 Å². The predicted molar refractivity (Wildman–Crippen MR) is 73.2 cm³/mol. The first-order chi connectivity index (χ1) is 8.12. The van der Waals surface area contributed by atoms with E-state index in [2.05, 4.69) is 24.8 Å². The summed E-state index contributed by atoms with van der Waals surface area (Å²) in [6, 6.07) is 8.34. The molecule has 0 bridgehead atoms. The fraction of sp³-hybridized carbons (Fsp3) is 0.200. The van der Waals surface area contributed by atoms with Crippen molar-refractivity contribution in [2.24, 2.45) is 11.5 Å². The third-order valence-electron chi connectivity index (χ3n) is 2.94. The van der Waals surface area contributed by atoms with Gasteiger partial charge in [-0.05, 0) is 29.2 Å². The molecule has 0 unspecified atom stereocenters. The highest BCUT2D eigenvalue weighted by atomic mass is 14.9. The van der Waals surface area contributed by atoms with Crippen LogP contribution in [0.2, 0.25) is 0 Å². The maximum Gasteiger partial charge on any atom is 0.0867 e. The highest BCUT2D eigenvalue weighted by Crippen LogP contribution is 2.26. The zero-order chi connectivity index (χ0) is 12.3. The van der Waals surface area contributed by atoms with Crippen LogP contribution >= 0.6 is 0 Å². The molecule has 0 atom stereocenters. The summed E-state index contributed by atoms with van der Waals surface area (Å²) in [5.74, 6) is 0. The van der Waals surface area contributed by atoms with Gasteiger partial charge >= 0.3 is 0 Å². The first kappa shape index (κ1) is 11.8. The molecule has 17 heavy (non-hydrogen) atoms. The molecule has 0 spiro atoms. The molecule has 2 nitrogen and oxygen atoms in total. The van der Waals surface area contributed by atoms with Crippen molar-refractivity contribution in [3.05, 3.63) is 66.3 Å². The first-order valence-electron chi connectivity index (χ1n) is 5.79. The van der Waals surface area contributed by atoms with E-state index in [4.69, 9.17) is 11.5 Å². The normalized spacial score (nSPS) is 17.6. The second-order valence-electron chi connectivity index (χ2n) is 4.46. The van der Waals surface area contributed by atoms with Gasteiger partial charge in [-0.25, -0.2) is 0 Å². The Morgan fingerprint density at radius 2 is 2.06 bits per heavy atom. The van der Waals surface area contributed by atoms with Crippen LogP contribution in [0, 0.1) is 0 Å². The number of nitrogens with two attached hydrogens (primary N) is 2. The molecular weight excluding hydrogens is 208 g/mol. The quantitative estimate of drug-likeness (QED) is 0.614. The SMILES string of the molecule is C=CCc1ccccc1C1=CCC(N)(N)C=C1. The second-order valence-corrected chi connectivity index (χ2v) is 4.46. The molecule has 0 saturated carbocycles. The van der Waals surface area contributed by atoms with Gasteiger partial charge in [-0.1, -0.05) is 42.5 Å². The molecule has 0 aliphatic heterocycles. The Labute approximate surface area is 102 Å². The maximum atomic E-state index is 5.85. The van der Waals surface area contributed by atoms with E-state index in [0.29, 0.717) is 6.42 Å². The van der Waals surface area contributed by atoms with E-state index in [9.17, 15) is 0 Å². The molecular formula is C15H18N2. The van der Waals surface area contributed by atoms with Crippen LogP contribution in [0.4, 0.5) is 0 Å². The minimum absolute atomic E-state index is 0.668. The minimum atomic E-state index is -0.698. The van der Waals surface area contributed by atoms with Crippen LogP contribution in [-0.4, -0.2) is 5.66 Å². The molecule has 0 radical (unpaired) electrons. The second kappa shape index (κ2) is 4.70. The van der Waals surface area contributed by atoms with E-state index < -0.39 is 5.66 Å². The predicted octanol–water partition coefficient (Wildman–Crippen LogP) is 2.37. The smallest absolute Gasteiger partial charge is 0.0867 e. The van der Waals surface area contributed by atoms with Crippen LogP contribution in [0.15, 0.2) is 55.1 Å². The molecule has 4 N–H and O–H groups in total. The Morgan fingerprint density at radius 3 is 2.71 bits per heavy atom. The first-order valence-corrected chi connectivity index (χ1v) is 5.79. The lowest BCUT2D eigenvalue weighted by molar-refractivity contribution is 0.559. The Kier molecular flexibility index (Phi) is 3.27. The monoisotopic (exact) mass is 226 g/mol. The molecule has 0 aromatic heterocycles. The van der Waals surface area contributed by atoms with Crippen molar-refractivity contribution >= 4 is 5.57 Å². The lowest BCUT2D eigenvalue weighted by Crippen LogP contribution is -2.47. The van der Waals surface area contributed by atoms with Crippen molar-refractivity contribution < 1.29 is 0 Å². The van der Waals surface area contributed by atoms with E-state index in [1.54, 1.807) is 0 Å². The van der Waals surface area contributed by atoms with Crippen molar-refractivity contribution in [3.63, 3.8) is 0 Å². The molecule has 2 heteroatoms. The van der Waals surface area contributed by atoms with Crippen LogP contribution in [0.3, 0.4) is 0 Å². The average Bonchev–Trinajstić information content (AvgIpc) is 2.31. The largest absolute Gasteiger partial charge is 0.310 e. The Morgan fingerprint density at radius 1 is 1.29 bits per heavy atom. The Hall–Kier alpha value is -1.64. The molecule has 88 valence electrons. The number of hydrogen-bond acceptors (Lipinski definition) is 2. The van der Waals surface area contributed by atoms with E-state index in [0.717, 1.165) is 6.42 Å². The molecule has 0 heterocycles. The number of allylic oxidation sites excluding steroid dienone is 3. The summed E-state index contributed by atoms with van der Waals surface area (Å²) in [6.07, 6.45) is 9.43. The topological polar surface area (TPSA) is 52.0 Å². The maximum absolute atomic E-state index is 5.85. The van der Waals surface area contributed by atoms with Gasteiger partial charge in [0.15, 0.2) is 0 Å². The number of benzene rings is 1. The molecule has 1 aromatic carbocycles. The van der Waals surface area contributed by atoms with E-state index >= 15 is 0 Å². The van der Waals surface area contributed by atoms with Gasteiger partial charge in [-0.15, -0.1) is 6.58 Å². The lowest BCUT2D eigenvalue weighted by Gasteiger charge is -2.23. The third-order valence-corrected chi connectivity index (χ3v) is 2.94. The van der Waals surface area contributed by atoms with Crippen molar-refractivity contribution in [2.45, 2.75) is 18.5 Å². The highest BCUT2D eigenvalue weighted by molar-refractivity contribution is 5.77. The minimum Gasteiger partial charge on any atom is -0.310 e. The third kappa shape index (κ3) is 2.73. The summed E-state index contributed by atoms with van der Waals surface area (Å²) >= 11 is 0. The van der Waals surface area contributed by atoms with Gasteiger partial charge in [0.05, 0.1) is 5.66 Å². The summed E-state index contributed by atoms with van der Waals surface area (Å²) in [5, 5.41) is 0. The van der Waals surface area contributed by atoms with Crippen molar-refractivity contribution in [1.82, 2.24) is 0 Å². The van der Waals surface area contributed by atoms with Crippen molar-refractivity contribution in [3.8, 4) is 0 Å². The number of hydrogen-bond donors (Lipinski definition) is 2. The van der Waals surface area contributed by atoms with E-state index in [1.165, 1.54) is 16.7 Å². The van der Waals surface area contributed by atoms with Crippen molar-refractivity contribution in [1.29, 1.82) is 0 Å². The van der Waals surface area contributed by atoms with E-state index in [1.807, 2.05) is 30.4 Å². The fourth-order valence-electron chi connectivity index (χ4n) is 2.00. The van der Waals surface area contributed by atoms with E-state index in [-0.39, 0.29) is 0 Å². The summed E-state index contributed by atoms with van der Waals surface area (Å²) in [4.78, 5) is 0. The molecule has 1 aliphatic rings. The Bertz CT molecular complexity index is 481. The van der Waals surface area contributed by atoms with Crippen LogP contribution in [-0.2, 0) is 6.42 Å². The van der Waals surface area contributed by atoms with Crippen molar-refractivity contribution in [2.75, 3.05) is 0 Å². The fourth-order valence-corrected chi connectivity index (χ4v) is 2.00. The van der Waals surface area contributed by atoms with Gasteiger partial charge in [0.25, 0.3) is 0 Å². The number of rotatable bonds is 3. The van der Waals surface area contributed by atoms with Gasteiger partial charge in [-0.3, -0.25) is 0 Å². The van der Waals surface area contributed by atoms with Crippen LogP contribution in [0.1, 0.15) is 17.5 Å². The summed E-state index contributed by atoms with van der Waals surface area (Å²) in [6.45, 7) is 3.79. The summed E-state index contributed by atoms with van der Waals surface area (Å²) in [5.41, 5.74) is 14.7. The molecule has 2 rings (SSSR count). The molecule has 0 amide bonds. The van der Waals surface area contributed by atoms with Gasteiger partial charge in [0.1, 0.15) is 0 Å². The molecule has 0 fully saturated rings. The van der Waals surface area contributed by atoms with Gasteiger partial charge in [0, 0.05) is 6.42 Å².